The lowest BCUT2D eigenvalue weighted by atomic mass is 9.97. The Kier molecular flexibility index (Phi) is 3.08. The maximum absolute atomic E-state index is 12.0. The fourth-order valence-corrected chi connectivity index (χ4v) is 3.35. The molecule has 4 atom stereocenters. The first kappa shape index (κ1) is 11.7. The van der Waals surface area contributed by atoms with Crippen molar-refractivity contribution >= 4 is 5.97 Å². The molecular weight excluding hydrogens is 226 g/mol. The number of benzene rings is 1. The first-order valence-electron chi connectivity index (χ1n) is 6.75. The summed E-state index contributed by atoms with van der Waals surface area (Å²) in [5.41, 5.74) is 6.76. The Balaban J connectivity index is 1.62. The SMILES string of the molecule is N[C@H](C(=O)OC1CC2CCC1C2)c1ccccc1. The predicted octanol–water partition coefficient (Wildman–Crippen LogP) is 2.42. The molecule has 2 saturated carbocycles. The van der Waals surface area contributed by atoms with E-state index in [1.165, 1.54) is 19.3 Å². The maximum atomic E-state index is 12.0. The van der Waals surface area contributed by atoms with E-state index in [0.29, 0.717) is 5.92 Å². The molecular formula is C15H19NO2. The minimum absolute atomic E-state index is 0.117. The minimum atomic E-state index is -0.648. The molecule has 3 heteroatoms. The topological polar surface area (TPSA) is 52.3 Å². The second-order valence-electron chi connectivity index (χ2n) is 5.54. The fraction of sp³-hybridized carbons (Fsp3) is 0.533. The average Bonchev–Trinajstić information content (AvgIpc) is 3.01. The molecule has 2 bridgehead atoms. The van der Waals surface area contributed by atoms with E-state index in [9.17, 15) is 4.79 Å². The Morgan fingerprint density at radius 3 is 2.61 bits per heavy atom. The van der Waals surface area contributed by atoms with Crippen LogP contribution < -0.4 is 5.73 Å². The van der Waals surface area contributed by atoms with E-state index in [-0.39, 0.29) is 12.1 Å². The van der Waals surface area contributed by atoms with Crippen molar-refractivity contribution < 1.29 is 9.53 Å². The lowest BCUT2D eigenvalue weighted by Crippen LogP contribution is -2.30. The van der Waals surface area contributed by atoms with E-state index in [1.807, 2.05) is 30.3 Å². The second kappa shape index (κ2) is 4.73. The molecule has 3 unspecified atom stereocenters. The molecule has 2 N–H and O–H groups in total. The lowest BCUT2D eigenvalue weighted by molar-refractivity contribution is -0.153. The Labute approximate surface area is 107 Å². The third-order valence-corrected chi connectivity index (χ3v) is 4.35. The summed E-state index contributed by atoms with van der Waals surface area (Å²) >= 11 is 0. The summed E-state index contributed by atoms with van der Waals surface area (Å²) in [5, 5.41) is 0. The molecule has 3 rings (SSSR count). The summed E-state index contributed by atoms with van der Waals surface area (Å²) in [6, 6.07) is 8.78. The van der Waals surface area contributed by atoms with E-state index in [2.05, 4.69) is 0 Å². The van der Waals surface area contributed by atoms with Gasteiger partial charge in [-0.1, -0.05) is 30.3 Å². The molecule has 0 aliphatic heterocycles. The zero-order valence-electron chi connectivity index (χ0n) is 10.4. The normalized spacial score (nSPS) is 31.3. The van der Waals surface area contributed by atoms with Gasteiger partial charge in [0.15, 0.2) is 0 Å². The van der Waals surface area contributed by atoms with Gasteiger partial charge in [-0.05, 0) is 43.1 Å². The number of carbonyl (C=O) groups is 1. The van der Waals surface area contributed by atoms with E-state index in [0.717, 1.165) is 17.9 Å². The molecule has 1 aromatic rings. The van der Waals surface area contributed by atoms with Crippen molar-refractivity contribution in [3.8, 4) is 0 Å². The van der Waals surface area contributed by atoms with Crippen LogP contribution in [0.4, 0.5) is 0 Å². The molecule has 0 amide bonds. The lowest BCUT2D eigenvalue weighted by Gasteiger charge is -2.23. The molecule has 3 nitrogen and oxygen atoms in total. The summed E-state index contributed by atoms with van der Waals surface area (Å²) in [7, 11) is 0. The molecule has 2 aliphatic carbocycles. The van der Waals surface area contributed by atoms with E-state index >= 15 is 0 Å². The van der Waals surface area contributed by atoms with Crippen LogP contribution in [0, 0.1) is 11.8 Å². The minimum Gasteiger partial charge on any atom is -0.461 e. The van der Waals surface area contributed by atoms with Crippen molar-refractivity contribution in [3.63, 3.8) is 0 Å². The molecule has 96 valence electrons. The standard InChI is InChI=1S/C15H19NO2/c16-14(11-4-2-1-3-5-11)15(17)18-13-9-10-6-7-12(13)8-10/h1-5,10,12-14H,6-9,16H2/t10?,12?,13?,14-/m0/s1. The van der Waals surface area contributed by atoms with Crippen LogP contribution in [0.5, 0.6) is 0 Å². The van der Waals surface area contributed by atoms with E-state index in [4.69, 9.17) is 10.5 Å². The van der Waals surface area contributed by atoms with Crippen molar-refractivity contribution in [2.45, 2.75) is 37.8 Å². The van der Waals surface area contributed by atoms with Crippen molar-refractivity contribution in [3.05, 3.63) is 35.9 Å². The number of nitrogens with two attached hydrogens (primary N) is 1. The molecule has 2 aliphatic rings. The predicted molar refractivity (Wildman–Crippen MR) is 68.7 cm³/mol. The third kappa shape index (κ3) is 2.15. The van der Waals surface area contributed by atoms with Gasteiger partial charge in [0.25, 0.3) is 0 Å². The first-order chi connectivity index (χ1) is 8.74. The smallest absolute Gasteiger partial charge is 0.327 e. The van der Waals surface area contributed by atoms with Crippen LogP contribution in [0.2, 0.25) is 0 Å². The number of rotatable bonds is 3. The van der Waals surface area contributed by atoms with Gasteiger partial charge in [-0.3, -0.25) is 0 Å². The van der Waals surface area contributed by atoms with Gasteiger partial charge < -0.3 is 10.5 Å². The Hall–Kier alpha value is -1.35. The van der Waals surface area contributed by atoms with Crippen LogP contribution >= 0.6 is 0 Å². The molecule has 0 heterocycles. The zero-order chi connectivity index (χ0) is 12.5. The maximum Gasteiger partial charge on any atom is 0.327 e. The number of carbonyl (C=O) groups excluding carboxylic acids is 1. The summed E-state index contributed by atoms with van der Waals surface area (Å²) in [6.45, 7) is 0. The third-order valence-electron chi connectivity index (χ3n) is 4.35. The van der Waals surface area contributed by atoms with Crippen LogP contribution in [0.25, 0.3) is 0 Å². The van der Waals surface area contributed by atoms with Crippen LogP contribution in [0.1, 0.15) is 37.3 Å². The zero-order valence-corrected chi connectivity index (χ0v) is 10.4. The highest BCUT2D eigenvalue weighted by Gasteiger charge is 2.42. The van der Waals surface area contributed by atoms with Crippen LogP contribution in [-0.2, 0) is 9.53 Å². The van der Waals surface area contributed by atoms with Gasteiger partial charge in [0, 0.05) is 0 Å². The van der Waals surface area contributed by atoms with Crippen LogP contribution in [0.3, 0.4) is 0 Å². The van der Waals surface area contributed by atoms with Gasteiger partial charge in [0.1, 0.15) is 12.1 Å². The van der Waals surface area contributed by atoms with Crippen LogP contribution in [0.15, 0.2) is 30.3 Å². The molecule has 2 fully saturated rings. The number of esters is 1. The number of fused-ring (bicyclic) bond motifs is 2. The van der Waals surface area contributed by atoms with E-state index in [1.54, 1.807) is 0 Å². The summed E-state index contributed by atoms with van der Waals surface area (Å²) in [6.07, 6.45) is 4.91. The second-order valence-corrected chi connectivity index (χ2v) is 5.54. The number of hydrogen-bond acceptors (Lipinski definition) is 3. The summed E-state index contributed by atoms with van der Waals surface area (Å²) < 4.78 is 5.60. The monoisotopic (exact) mass is 245 g/mol. The molecule has 0 spiro atoms. The molecule has 0 saturated heterocycles. The van der Waals surface area contributed by atoms with Gasteiger partial charge in [0.2, 0.25) is 0 Å². The highest BCUT2D eigenvalue weighted by Crippen LogP contribution is 2.46. The largest absolute Gasteiger partial charge is 0.461 e. The van der Waals surface area contributed by atoms with Crippen LogP contribution in [-0.4, -0.2) is 12.1 Å². The Bertz CT molecular complexity index is 431. The van der Waals surface area contributed by atoms with Crippen molar-refractivity contribution in [1.82, 2.24) is 0 Å². The average molecular weight is 245 g/mol. The Morgan fingerprint density at radius 2 is 2.00 bits per heavy atom. The van der Waals surface area contributed by atoms with Gasteiger partial charge in [-0.25, -0.2) is 4.79 Å². The number of ether oxygens (including phenoxy) is 1. The van der Waals surface area contributed by atoms with Gasteiger partial charge in [-0.15, -0.1) is 0 Å². The molecule has 18 heavy (non-hydrogen) atoms. The highest BCUT2D eigenvalue weighted by molar-refractivity contribution is 5.77. The van der Waals surface area contributed by atoms with Gasteiger partial charge in [-0.2, -0.15) is 0 Å². The Morgan fingerprint density at radius 1 is 1.22 bits per heavy atom. The van der Waals surface area contributed by atoms with Crippen molar-refractivity contribution in [2.75, 3.05) is 0 Å². The summed E-state index contributed by atoms with van der Waals surface area (Å²) in [4.78, 5) is 12.0. The van der Waals surface area contributed by atoms with E-state index < -0.39 is 6.04 Å². The first-order valence-corrected chi connectivity index (χ1v) is 6.75. The fourth-order valence-electron chi connectivity index (χ4n) is 3.35. The highest BCUT2D eigenvalue weighted by atomic mass is 16.5. The van der Waals surface area contributed by atoms with Gasteiger partial charge >= 0.3 is 5.97 Å². The number of hydrogen-bond donors (Lipinski definition) is 1. The summed E-state index contributed by atoms with van der Waals surface area (Å²) in [5.74, 6) is 1.08. The van der Waals surface area contributed by atoms with Crippen molar-refractivity contribution in [1.29, 1.82) is 0 Å². The molecule has 1 aromatic carbocycles. The quantitative estimate of drug-likeness (QED) is 0.832. The van der Waals surface area contributed by atoms with Crippen molar-refractivity contribution in [2.24, 2.45) is 17.6 Å². The van der Waals surface area contributed by atoms with Gasteiger partial charge in [0.05, 0.1) is 0 Å². The molecule has 0 aromatic heterocycles. The molecule has 0 radical (unpaired) electrons.